The van der Waals surface area contributed by atoms with Crippen molar-refractivity contribution in [2.45, 2.75) is 45.1 Å². The molecular formula is C14H19ClFN. The summed E-state index contributed by atoms with van der Waals surface area (Å²) in [7, 11) is 0. The zero-order valence-electron chi connectivity index (χ0n) is 10.2. The molecular weight excluding hydrogens is 237 g/mol. The zero-order valence-corrected chi connectivity index (χ0v) is 10.9. The number of hydrogen-bond donors (Lipinski definition) is 1. The molecule has 0 heterocycles. The van der Waals surface area contributed by atoms with Crippen LogP contribution in [-0.4, -0.2) is 6.04 Å². The van der Waals surface area contributed by atoms with E-state index in [9.17, 15) is 4.39 Å². The Morgan fingerprint density at radius 1 is 1.35 bits per heavy atom. The first-order chi connectivity index (χ1) is 8.20. The summed E-state index contributed by atoms with van der Waals surface area (Å²) in [5, 5.41) is 3.69. The standard InChI is InChI=1S/C14H19ClFN/c1-2-10-5-3-4-6-14(10)17-11-7-8-13(16)12(15)9-11/h7-10,14,17H,2-6H2,1H3. The van der Waals surface area contributed by atoms with Gasteiger partial charge in [-0.05, 0) is 37.0 Å². The van der Waals surface area contributed by atoms with Crippen LogP contribution in [0.2, 0.25) is 5.02 Å². The third-order valence-electron chi connectivity index (χ3n) is 3.71. The molecule has 2 unspecified atom stereocenters. The lowest BCUT2D eigenvalue weighted by atomic mass is 9.83. The maximum Gasteiger partial charge on any atom is 0.141 e. The average Bonchev–Trinajstić information content (AvgIpc) is 2.34. The maximum absolute atomic E-state index is 13.1. The first kappa shape index (κ1) is 12.7. The third-order valence-corrected chi connectivity index (χ3v) is 3.99. The van der Waals surface area contributed by atoms with Crippen LogP contribution >= 0.6 is 11.6 Å². The number of hydrogen-bond acceptors (Lipinski definition) is 1. The largest absolute Gasteiger partial charge is 0.382 e. The lowest BCUT2D eigenvalue weighted by Gasteiger charge is -2.32. The van der Waals surface area contributed by atoms with Gasteiger partial charge in [-0.2, -0.15) is 0 Å². The van der Waals surface area contributed by atoms with E-state index in [4.69, 9.17) is 11.6 Å². The molecule has 3 heteroatoms. The van der Waals surface area contributed by atoms with Crippen molar-refractivity contribution in [3.05, 3.63) is 29.0 Å². The molecule has 1 nitrogen and oxygen atoms in total. The molecule has 2 rings (SSSR count). The third kappa shape index (κ3) is 3.12. The normalized spacial score (nSPS) is 24.6. The van der Waals surface area contributed by atoms with Crippen LogP contribution in [0, 0.1) is 11.7 Å². The van der Waals surface area contributed by atoms with Gasteiger partial charge < -0.3 is 5.32 Å². The summed E-state index contributed by atoms with van der Waals surface area (Å²) in [4.78, 5) is 0. The van der Waals surface area contributed by atoms with E-state index in [1.165, 1.54) is 38.2 Å². The van der Waals surface area contributed by atoms with Crippen molar-refractivity contribution in [2.75, 3.05) is 5.32 Å². The van der Waals surface area contributed by atoms with Crippen molar-refractivity contribution < 1.29 is 4.39 Å². The topological polar surface area (TPSA) is 12.0 Å². The Balaban J connectivity index is 2.05. The molecule has 0 spiro atoms. The minimum absolute atomic E-state index is 0.193. The van der Waals surface area contributed by atoms with E-state index < -0.39 is 0 Å². The molecule has 0 amide bonds. The van der Waals surface area contributed by atoms with Gasteiger partial charge >= 0.3 is 0 Å². The maximum atomic E-state index is 13.1. The minimum atomic E-state index is -0.354. The highest BCUT2D eigenvalue weighted by molar-refractivity contribution is 6.31. The van der Waals surface area contributed by atoms with Gasteiger partial charge in [0, 0.05) is 11.7 Å². The number of benzene rings is 1. The molecule has 0 bridgehead atoms. The van der Waals surface area contributed by atoms with Crippen LogP contribution in [0.15, 0.2) is 18.2 Å². The lowest BCUT2D eigenvalue weighted by Crippen LogP contribution is -2.31. The number of nitrogens with one attached hydrogen (secondary N) is 1. The molecule has 1 saturated carbocycles. The molecule has 0 saturated heterocycles. The molecule has 0 aromatic heterocycles. The van der Waals surface area contributed by atoms with Crippen LogP contribution in [0.5, 0.6) is 0 Å². The molecule has 1 aliphatic rings. The second kappa shape index (κ2) is 5.72. The van der Waals surface area contributed by atoms with Gasteiger partial charge in [-0.15, -0.1) is 0 Å². The second-order valence-electron chi connectivity index (χ2n) is 4.83. The Kier molecular flexibility index (Phi) is 4.27. The highest BCUT2D eigenvalue weighted by atomic mass is 35.5. The van der Waals surface area contributed by atoms with E-state index in [-0.39, 0.29) is 10.8 Å². The molecule has 1 aromatic rings. The second-order valence-corrected chi connectivity index (χ2v) is 5.24. The number of anilines is 1. The molecule has 1 aliphatic carbocycles. The molecule has 17 heavy (non-hydrogen) atoms. The van der Waals surface area contributed by atoms with Crippen molar-refractivity contribution in [1.82, 2.24) is 0 Å². The van der Waals surface area contributed by atoms with Crippen LogP contribution in [0.25, 0.3) is 0 Å². The SMILES string of the molecule is CCC1CCCCC1Nc1ccc(F)c(Cl)c1. The summed E-state index contributed by atoms with van der Waals surface area (Å²) >= 11 is 5.79. The number of rotatable bonds is 3. The van der Waals surface area contributed by atoms with Gasteiger partial charge in [0.15, 0.2) is 0 Å². The highest BCUT2D eigenvalue weighted by Gasteiger charge is 2.23. The molecule has 1 fully saturated rings. The van der Waals surface area contributed by atoms with Crippen LogP contribution < -0.4 is 5.32 Å². The summed E-state index contributed by atoms with van der Waals surface area (Å²) in [5.74, 6) is 0.375. The summed E-state index contributed by atoms with van der Waals surface area (Å²) in [6, 6.07) is 5.38. The van der Waals surface area contributed by atoms with Crippen LogP contribution in [0.3, 0.4) is 0 Å². The van der Waals surface area contributed by atoms with Gasteiger partial charge in [0.1, 0.15) is 5.82 Å². The Bertz CT molecular complexity index is 380. The van der Waals surface area contributed by atoms with E-state index in [1.807, 2.05) is 0 Å². The fraction of sp³-hybridized carbons (Fsp3) is 0.571. The monoisotopic (exact) mass is 255 g/mol. The predicted molar refractivity (Wildman–Crippen MR) is 71.1 cm³/mol. The smallest absolute Gasteiger partial charge is 0.141 e. The van der Waals surface area contributed by atoms with Gasteiger partial charge in [-0.25, -0.2) is 4.39 Å². The average molecular weight is 256 g/mol. The van der Waals surface area contributed by atoms with Gasteiger partial charge in [0.2, 0.25) is 0 Å². The van der Waals surface area contributed by atoms with Gasteiger partial charge in [0.25, 0.3) is 0 Å². The zero-order chi connectivity index (χ0) is 12.3. The van der Waals surface area contributed by atoms with Gasteiger partial charge in [-0.1, -0.05) is 37.8 Å². The van der Waals surface area contributed by atoms with Crippen LogP contribution in [0.4, 0.5) is 10.1 Å². The van der Waals surface area contributed by atoms with Crippen molar-refractivity contribution >= 4 is 17.3 Å². The number of halogens is 2. The van der Waals surface area contributed by atoms with Gasteiger partial charge in [0.05, 0.1) is 5.02 Å². The van der Waals surface area contributed by atoms with Crippen molar-refractivity contribution in [1.29, 1.82) is 0 Å². The lowest BCUT2D eigenvalue weighted by molar-refractivity contribution is 0.317. The van der Waals surface area contributed by atoms with E-state index in [0.29, 0.717) is 6.04 Å². The molecule has 0 radical (unpaired) electrons. The van der Waals surface area contributed by atoms with Crippen molar-refractivity contribution in [3.8, 4) is 0 Å². The van der Waals surface area contributed by atoms with E-state index >= 15 is 0 Å². The summed E-state index contributed by atoms with van der Waals surface area (Å²) in [6.45, 7) is 2.24. The Hall–Kier alpha value is -0.760. The molecule has 1 N–H and O–H groups in total. The van der Waals surface area contributed by atoms with E-state index in [0.717, 1.165) is 11.6 Å². The summed E-state index contributed by atoms with van der Waals surface area (Å²) in [5.41, 5.74) is 0.932. The highest BCUT2D eigenvalue weighted by Crippen LogP contribution is 2.30. The van der Waals surface area contributed by atoms with Gasteiger partial charge in [-0.3, -0.25) is 0 Å². The molecule has 94 valence electrons. The van der Waals surface area contributed by atoms with E-state index in [2.05, 4.69) is 12.2 Å². The first-order valence-corrected chi connectivity index (χ1v) is 6.80. The fourth-order valence-corrected chi connectivity index (χ4v) is 2.87. The Morgan fingerprint density at radius 3 is 2.82 bits per heavy atom. The molecule has 2 atom stereocenters. The Labute approximate surface area is 107 Å². The minimum Gasteiger partial charge on any atom is -0.382 e. The van der Waals surface area contributed by atoms with Crippen LogP contribution in [-0.2, 0) is 0 Å². The fourth-order valence-electron chi connectivity index (χ4n) is 2.69. The molecule has 0 aliphatic heterocycles. The molecule has 1 aromatic carbocycles. The van der Waals surface area contributed by atoms with Crippen molar-refractivity contribution in [3.63, 3.8) is 0 Å². The van der Waals surface area contributed by atoms with Crippen molar-refractivity contribution in [2.24, 2.45) is 5.92 Å². The predicted octanol–water partition coefficient (Wildman–Crippen LogP) is 4.86. The summed E-state index contributed by atoms with van der Waals surface area (Å²) in [6.07, 6.45) is 6.31. The Morgan fingerprint density at radius 2 is 2.12 bits per heavy atom. The quantitative estimate of drug-likeness (QED) is 0.813. The first-order valence-electron chi connectivity index (χ1n) is 6.42. The van der Waals surface area contributed by atoms with E-state index in [1.54, 1.807) is 12.1 Å². The van der Waals surface area contributed by atoms with Crippen LogP contribution in [0.1, 0.15) is 39.0 Å². The summed E-state index contributed by atoms with van der Waals surface area (Å²) < 4.78 is 13.1.